The van der Waals surface area contributed by atoms with Gasteiger partial charge in [0, 0.05) is 23.1 Å². The normalized spacial score (nSPS) is 10.8. The molecule has 0 aliphatic rings. The number of nitrogens with one attached hydrogen (secondary N) is 1. The zero-order valence-corrected chi connectivity index (χ0v) is 15.6. The van der Waals surface area contributed by atoms with Crippen molar-refractivity contribution in [1.82, 2.24) is 9.55 Å². The highest BCUT2D eigenvalue weighted by molar-refractivity contribution is 9.10. The number of amides is 1. The molecule has 128 valence electrons. The van der Waals surface area contributed by atoms with Crippen molar-refractivity contribution in [2.45, 2.75) is 26.8 Å². The summed E-state index contributed by atoms with van der Waals surface area (Å²) >= 11 is 3.36. The number of hydrogen-bond donors (Lipinski definition) is 1. The van der Waals surface area contributed by atoms with Crippen LogP contribution in [0, 0.1) is 13.8 Å². The van der Waals surface area contributed by atoms with E-state index in [-0.39, 0.29) is 24.4 Å². The predicted octanol–water partition coefficient (Wildman–Crippen LogP) is 3.80. The van der Waals surface area contributed by atoms with Crippen molar-refractivity contribution in [3.8, 4) is 0 Å². The van der Waals surface area contributed by atoms with E-state index in [1.165, 1.54) is 10.9 Å². The molecule has 3 aromatic rings. The fourth-order valence-electron chi connectivity index (χ4n) is 2.61. The van der Waals surface area contributed by atoms with Crippen LogP contribution in [0.25, 0.3) is 10.9 Å². The van der Waals surface area contributed by atoms with Crippen LogP contribution >= 0.6 is 15.9 Å². The third-order valence-electron chi connectivity index (χ3n) is 4.24. The molecule has 25 heavy (non-hydrogen) atoms. The molecule has 1 N–H and O–H groups in total. The van der Waals surface area contributed by atoms with Gasteiger partial charge in [-0.25, -0.2) is 4.98 Å². The molecule has 2 aromatic carbocycles. The molecule has 0 bridgehead atoms. The predicted molar refractivity (Wildman–Crippen MR) is 103 cm³/mol. The van der Waals surface area contributed by atoms with Crippen molar-refractivity contribution in [3.05, 3.63) is 68.7 Å². The smallest absolute Gasteiger partial charge is 0.261 e. The first-order valence-corrected chi connectivity index (χ1v) is 8.76. The molecule has 1 heterocycles. The molecular formula is C19H18BrN3O2. The van der Waals surface area contributed by atoms with Gasteiger partial charge >= 0.3 is 0 Å². The second-order valence-corrected chi connectivity index (χ2v) is 6.87. The Labute approximate surface area is 153 Å². The zero-order chi connectivity index (χ0) is 18.0. The summed E-state index contributed by atoms with van der Waals surface area (Å²) in [6.45, 7) is 4.26. The summed E-state index contributed by atoms with van der Waals surface area (Å²) in [6, 6.07) is 11.2. The molecule has 0 spiro atoms. The van der Waals surface area contributed by atoms with Gasteiger partial charge in [0.1, 0.15) is 0 Å². The number of carbonyl (C=O) groups excluding carboxylic acids is 1. The number of hydrogen-bond acceptors (Lipinski definition) is 3. The van der Waals surface area contributed by atoms with Crippen molar-refractivity contribution < 1.29 is 4.79 Å². The van der Waals surface area contributed by atoms with Crippen LogP contribution in [0.3, 0.4) is 0 Å². The van der Waals surface area contributed by atoms with Crippen LogP contribution < -0.4 is 10.9 Å². The van der Waals surface area contributed by atoms with Crippen LogP contribution in [0.1, 0.15) is 17.5 Å². The maximum absolute atomic E-state index is 12.5. The average Bonchev–Trinajstić information content (AvgIpc) is 2.59. The Morgan fingerprint density at radius 2 is 2.04 bits per heavy atom. The van der Waals surface area contributed by atoms with Gasteiger partial charge in [-0.15, -0.1) is 0 Å². The first-order valence-electron chi connectivity index (χ1n) is 7.96. The second-order valence-electron chi connectivity index (χ2n) is 5.95. The minimum atomic E-state index is -0.147. The lowest BCUT2D eigenvalue weighted by atomic mass is 10.1. The van der Waals surface area contributed by atoms with Crippen LogP contribution in [0.2, 0.25) is 0 Å². The Balaban J connectivity index is 1.74. The van der Waals surface area contributed by atoms with Gasteiger partial charge in [0.2, 0.25) is 5.91 Å². The molecule has 1 aromatic heterocycles. The largest absolute Gasteiger partial charge is 0.326 e. The van der Waals surface area contributed by atoms with Crippen molar-refractivity contribution >= 4 is 38.4 Å². The van der Waals surface area contributed by atoms with E-state index < -0.39 is 0 Å². The van der Waals surface area contributed by atoms with Gasteiger partial charge in [-0.2, -0.15) is 0 Å². The van der Waals surface area contributed by atoms with E-state index in [0.29, 0.717) is 10.9 Å². The lowest BCUT2D eigenvalue weighted by Crippen LogP contribution is -2.23. The second kappa shape index (κ2) is 7.19. The molecule has 0 unspecified atom stereocenters. The Kier molecular flexibility index (Phi) is 4.99. The van der Waals surface area contributed by atoms with E-state index >= 15 is 0 Å². The monoisotopic (exact) mass is 399 g/mol. The number of carbonyl (C=O) groups is 1. The summed E-state index contributed by atoms with van der Waals surface area (Å²) < 4.78 is 2.29. The maximum Gasteiger partial charge on any atom is 0.261 e. The first-order chi connectivity index (χ1) is 12.0. The maximum atomic E-state index is 12.5. The number of anilines is 1. The molecule has 3 rings (SSSR count). The number of rotatable bonds is 4. The summed E-state index contributed by atoms with van der Waals surface area (Å²) in [7, 11) is 0. The van der Waals surface area contributed by atoms with Crippen LogP contribution in [0.5, 0.6) is 0 Å². The molecule has 6 heteroatoms. The van der Waals surface area contributed by atoms with Gasteiger partial charge in [0.25, 0.3) is 5.56 Å². The highest BCUT2D eigenvalue weighted by Crippen LogP contribution is 2.18. The number of aromatic nitrogens is 2. The molecule has 0 atom stereocenters. The van der Waals surface area contributed by atoms with E-state index in [9.17, 15) is 9.59 Å². The van der Waals surface area contributed by atoms with E-state index in [1.807, 2.05) is 38.1 Å². The van der Waals surface area contributed by atoms with Crippen molar-refractivity contribution in [1.29, 1.82) is 0 Å². The van der Waals surface area contributed by atoms with Crippen LogP contribution in [-0.4, -0.2) is 15.5 Å². The summed E-state index contributed by atoms with van der Waals surface area (Å²) in [6.07, 6.45) is 1.69. The molecule has 0 saturated heterocycles. The van der Waals surface area contributed by atoms with Gasteiger partial charge in [-0.05, 0) is 49.2 Å². The van der Waals surface area contributed by atoms with E-state index in [0.717, 1.165) is 21.3 Å². The Hall–Kier alpha value is -2.47. The lowest BCUT2D eigenvalue weighted by molar-refractivity contribution is -0.116. The van der Waals surface area contributed by atoms with Crippen LogP contribution in [0.15, 0.2) is 52.0 Å². The third kappa shape index (κ3) is 3.79. The molecule has 0 aliphatic carbocycles. The van der Waals surface area contributed by atoms with E-state index in [2.05, 4.69) is 26.2 Å². The Morgan fingerprint density at radius 3 is 2.84 bits per heavy atom. The number of benzene rings is 2. The quantitative estimate of drug-likeness (QED) is 0.725. The molecule has 1 amide bonds. The summed E-state index contributed by atoms with van der Waals surface area (Å²) in [5.41, 5.74) is 3.47. The standard InChI is InChI=1S/C19H18BrN3O2/c1-12-4-3-5-16(13(12)2)22-18(24)8-9-23-11-21-17-7-6-14(20)10-15(17)19(23)25/h3-7,10-11H,8-9H2,1-2H3,(H,22,24). The van der Waals surface area contributed by atoms with Crippen molar-refractivity contribution in [2.24, 2.45) is 0 Å². The number of fused-ring (bicyclic) bond motifs is 1. The summed E-state index contributed by atoms with van der Waals surface area (Å²) in [5, 5.41) is 3.44. The number of aryl methyl sites for hydroxylation is 2. The number of halogens is 1. The number of nitrogens with zero attached hydrogens (tertiary/aromatic N) is 2. The zero-order valence-electron chi connectivity index (χ0n) is 14.0. The van der Waals surface area contributed by atoms with Crippen LogP contribution in [0.4, 0.5) is 5.69 Å². The van der Waals surface area contributed by atoms with Gasteiger partial charge in [0.15, 0.2) is 0 Å². The van der Waals surface area contributed by atoms with Gasteiger partial charge in [-0.3, -0.25) is 14.2 Å². The van der Waals surface area contributed by atoms with Gasteiger partial charge < -0.3 is 5.32 Å². The topological polar surface area (TPSA) is 64.0 Å². The fourth-order valence-corrected chi connectivity index (χ4v) is 2.97. The summed E-state index contributed by atoms with van der Waals surface area (Å²) in [5.74, 6) is -0.130. The van der Waals surface area contributed by atoms with Crippen molar-refractivity contribution in [3.63, 3.8) is 0 Å². The molecule has 0 aliphatic heterocycles. The lowest BCUT2D eigenvalue weighted by Gasteiger charge is -2.11. The SMILES string of the molecule is Cc1cccc(NC(=O)CCn2cnc3ccc(Br)cc3c2=O)c1C. The molecule has 0 saturated carbocycles. The Morgan fingerprint density at radius 1 is 1.24 bits per heavy atom. The molecule has 0 radical (unpaired) electrons. The highest BCUT2D eigenvalue weighted by Gasteiger charge is 2.09. The first kappa shape index (κ1) is 17.4. The highest BCUT2D eigenvalue weighted by atomic mass is 79.9. The molecule has 0 fully saturated rings. The van der Waals surface area contributed by atoms with Crippen LogP contribution in [-0.2, 0) is 11.3 Å². The Bertz CT molecular complexity index is 1010. The van der Waals surface area contributed by atoms with E-state index in [1.54, 1.807) is 12.1 Å². The van der Waals surface area contributed by atoms with E-state index in [4.69, 9.17) is 0 Å². The van der Waals surface area contributed by atoms with Gasteiger partial charge in [-0.1, -0.05) is 28.1 Å². The van der Waals surface area contributed by atoms with Crippen molar-refractivity contribution in [2.75, 3.05) is 5.32 Å². The van der Waals surface area contributed by atoms with Gasteiger partial charge in [0.05, 0.1) is 17.2 Å². The minimum Gasteiger partial charge on any atom is -0.326 e. The minimum absolute atomic E-state index is 0.130. The fraction of sp³-hybridized carbons (Fsp3) is 0.211. The average molecular weight is 400 g/mol. The molecular weight excluding hydrogens is 382 g/mol. The third-order valence-corrected chi connectivity index (χ3v) is 4.74. The summed E-state index contributed by atoms with van der Waals surface area (Å²) in [4.78, 5) is 29.0. The molecule has 5 nitrogen and oxygen atoms in total.